The van der Waals surface area contributed by atoms with E-state index in [1.54, 1.807) is 0 Å². The van der Waals surface area contributed by atoms with Gasteiger partial charge in [-0.25, -0.2) is 0 Å². The van der Waals surface area contributed by atoms with Crippen molar-refractivity contribution in [2.45, 2.75) is 48.5 Å². The van der Waals surface area contributed by atoms with E-state index < -0.39 is 70.5 Å². The number of ether oxygens (including phenoxy) is 9. The van der Waals surface area contributed by atoms with Gasteiger partial charge in [0.25, 0.3) is 0 Å². The van der Waals surface area contributed by atoms with Crippen LogP contribution in [0.15, 0.2) is 39.3 Å². The number of hydrogen-bond acceptors (Lipinski definition) is 16. The van der Waals surface area contributed by atoms with E-state index in [9.17, 15) is 33.6 Å². The molecular weight excluding hydrogens is 800 g/mol. The Morgan fingerprint density at radius 3 is 1.16 bits per heavy atom. The van der Waals surface area contributed by atoms with E-state index in [0.29, 0.717) is 0 Å². The summed E-state index contributed by atoms with van der Waals surface area (Å²) < 4.78 is 48.7. The van der Waals surface area contributed by atoms with Crippen molar-refractivity contribution >= 4 is 73.6 Å². The first-order valence-corrected chi connectivity index (χ1v) is 15.5. The lowest BCUT2D eigenvalue weighted by Gasteiger charge is -2.20. The van der Waals surface area contributed by atoms with Crippen LogP contribution >= 0.6 is 31.9 Å². The molecule has 3 aromatic rings. The van der Waals surface area contributed by atoms with Gasteiger partial charge in [0.2, 0.25) is 11.5 Å². The Balaban J connectivity index is 2.33. The average Bonchev–Trinajstić information content (AvgIpc) is 2.95. The second-order valence-corrected chi connectivity index (χ2v) is 11.3. The quantitative estimate of drug-likeness (QED) is 0.154. The monoisotopic (exact) mass is 824 g/mol. The van der Waals surface area contributed by atoms with Crippen molar-refractivity contribution in [3.05, 3.63) is 39.3 Å². The van der Waals surface area contributed by atoms with Crippen LogP contribution in [0.4, 0.5) is 0 Å². The van der Waals surface area contributed by atoms with E-state index in [-0.39, 0.29) is 43.4 Å². The van der Waals surface area contributed by atoms with Crippen molar-refractivity contribution in [2.75, 3.05) is 0 Å². The van der Waals surface area contributed by atoms with Gasteiger partial charge in [-0.05, 0) is 31.9 Å². The number of esters is 7. The molecule has 50 heavy (non-hydrogen) atoms. The van der Waals surface area contributed by atoms with Crippen molar-refractivity contribution in [3.63, 3.8) is 0 Å². The van der Waals surface area contributed by atoms with Gasteiger partial charge in [0.1, 0.15) is 26.2 Å². The molecule has 0 fully saturated rings. The minimum Gasteiger partial charge on any atom is -0.449 e. The zero-order valence-electron chi connectivity index (χ0n) is 27.2. The van der Waals surface area contributed by atoms with E-state index in [1.807, 2.05) is 0 Å². The molecule has 3 aromatic carbocycles. The van der Waals surface area contributed by atoms with Crippen molar-refractivity contribution in [1.82, 2.24) is 0 Å². The van der Waals surface area contributed by atoms with Crippen molar-refractivity contribution in [1.29, 1.82) is 0 Å². The largest absolute Gasteiger partial charge is 0.449 e. The van der Waals surface area contributed by atoms with Gasteiger partial charge >= 0.3 is 41.8 Å². The highest BCUT2D eigenvalue weighted by molar-refractivity contribution is 9.11. The third-order valence-corrected chi connectivity index (χ3v) is 6.82. The van der Waals surface area contributed by atoms with E-state index in [0.717, 1.165) is 66.7 Å². The summed E-state index contributed by atoms with van der Waals surface area (Å²) in [4.78, 5) is 83.8. The molecule has 0 N–H and O–H groups in total. The van der Waals surface area contributed by atoms with Crippen LogP contribution < -0.4 is 42.6 Å². The maximum atomic E-state index is 12.2. The normalized spacial score (nSPS) is 10.3. The Morgan fingerprint density at radius 1 is 0.360 bits per heavy atom. The fourth-order valence-corrected chi connectivity index (χ4v) is 4.69. The third kappa shape index (κ3) is 10.8. The smallest absolute Gasteiger partial charge is 0.308 e. The number of carbonyl (C=O) groups is 7. The Hall–Kier alpha value is -5.49. The van der Waals surface area contributed by atoms with Crippen LogP contribution in [0.5, 0.6) is 63.2 Å². The van der Waals surface area contributed by atoms with E-state index in [2.05, 4.69) is 31.9 Å². The fraction of sp³-hybridized carbons (Fsp3) is 0.219. The molecule has 0 bridgehead atoms. The zero-order chi connectivity index (χ0) is 37.4. The summed E-state index contributed by atoms with van der Waals surface area (Å²) in [6.45, 7) is 7.60. The molecule has 0 aliphatic heterocycles. The molecule has 0 saturated carbocycles. The van der Waals surface area contributed by atoms with Gasteiger partial charge in [-0.2, -0.15) is 0 Å². The second-order valence-electron chi connectivity index (χ2n) is 9.69. The van der Waals surface area contributed by atoms with Crippen LogP contribution in [0.2, 0.25) is 0 Å². The van der Waals surface area contributed by atoms with E-state index in [4.69, 9.17) is 42.6 Å². The number of rotatable bonds is 11. The summed E-state index contributed by atoms with van der Waals surface area (Å²) in [6, 6.07) is 5.74. The molecule has 0 aliphatic carbocycles. The van der Waals surface area contributed by atoms with Crippen LogP contribution in [0.3, 0.4) is 0 Å². The molecule has 0 saturated heterocycles. The maximum Gasteiger partial charge on any atom is 0.308 e. The minimum atomic E-state index is -0.871. The second kappa shape index (κ2) is 16.8. The fourth-order valence-electron chi connectivity index (χ4n) is 3.84. The molecule has 0 heterocycles. The highest BCUT2D eigenvalue weighted by Crippen LogP contribution is 2.53. The van der Waals surface area contributed by atoms with E-state index in [1.165, 1.54) is 12.1 Å². The van der Waals surface area contributed by atoms with Gasteiger partial charge in [0, 0.05) is 78.8 Å². The molecular formula is C32H26Br2O16. The lowest BCUT2D eigenvalue weighted by molar-refractivity contribution is -0.133. The molecule has 0 amide bonds. The predicted octanol–water partition coefficient (Wildman–Crippen LogP) is 6.27. The molecule has 3 rings (SSSR count). The summed E-state index contributed by atoms with van der Waals surface area (Å²) in [7, 11) is 0. The number of halogens is 2. The number of hydrogen-bond donors (Lipinski definition) is 0. The van der Waals surface area contributed by atoms with Gasteiger partial charge < -0.3 is 42.6 Å². The van der Waals surface area contributed by atoms with Crippen molar-refractivity contribution in [3.8, 4) is 63.2 Å². The number of carbonyl (C=O) groups excluding carboxylic acids is 7. The molecule has 0 aliphatic rings. The molecule has 0 radical (unpaired) electrons. The Bertz CT molecular complexity index is 1880. The summed E-state index contributed by atoms with van der Waals surface area (Å²) in [5.74, 6) is -9.00. The van der Waals surface area contributed by atoms with Crippen LogP contribution in [0, 0.1) is 0 Å². The summed E-state index contributed by atoms with van der Waals surface area (Å²) in [6.07, 6.45) is 0. The molecule has 0 spiro atoms. The minimum absolute atomic E-state index is 0.0289. The highest BCUT2D eigenvalue weighted by atomic mass is 79.9. The Labute approximate surface area is 300 Å². The summed E-state index contributed by atoms with van der Waals surface area (Å²) >= 11 is 6.45. The summed E-state index contributed by atoms with van der Waals surface area (Å²) in [5.41, 5.74) is 0. The van der Waals surface area contributed by atoms with Crippen LogP contribution in [0.1, 0.15) is 48.5 Å². The van der Waals surface area contributed by atoms with Crippen molar-refractivity contribution < 1.29 is 76.2 Å². The maximum absolute atomic E-state index is 12.2. The van der Waals surface area contributed by atoms with Gasteiger partial charge in [-0.1, -0.05) is 0 Å². The molecule has 0 unspecified atom stereocenters. The van der Waals surface area contributed by atoms with Gasteiger partial charge in [0.15, 0.2) is 34.5 Å². The van der Waals surface area contributed by atoms with Crippen molar-refractivity contribution in [2.24, 2.45) is 0 Å². The van der Waals surface area contributed by atoms with Crippen LogP contribution in [-0.4, -0.2) is 41.8 Å². The molecule has 0 aromatic heterocycles. The highest BCUT2D eigenvalue weighted by Gasteiger charge is 2.28. The van der Waals surface area contributed by atoms with Crippen LogP contribution in [-0.2, 0) is 33.6 Å². The van der Waals surface area contributed by atoms with Crippen LogP contribution in [0.25, 0.3) is 0 Å². The molecule has 0 atom stereocenters. The third-order valence-electron chi connectivity index (χ3n) is 5.29. The summed E-state index contributed by atoms with van der Waals surface area (Å²) in [5, 5.41) is 0. The predicted molar refractivity (Wildman–Crippen MR) is 174 cm³/mol. The molecule has 18 heteroatoms. The first-order chi connectivity index (χ1) is 23.3. The standard InChI is InChI=1S/C32H26Br2O16/c1-13(35)42-20-8-22(43-14(2)36)28(33)23(9-20)50-30-25(45-16(4)38)10-21(11-26(30)46-17(5)39)49-31-27(47-18(6)40)12-24(44-15(3)37)29(34)32(31)48-19(7)41/h8-12H,1-7H3. The van der Waals surface area contributed by atoms with Gasteiger partial charge in [0.05, 0.1) is 0 Å². The van der Waals surface area contributed by atoms with Gasteiger partial charge in [-0.3, -0.25) is 33.6 Å². The van der Waals surface area contributed by atoms with E-state index >= 15 is 0 Å². The molecule has 264 valence electrons. The topological polar surface area (TPSA) is 203 Å². The zero-order valence-corrected chi connectivity index (χ0v) is 30.3. The first kappa shape index (κ1) is 39.0. The molecule has 16 nitrogen and oxygen atoms in total. The number of benzene rings is 3. The lowest BCUT2D eigenvalue weighted by atomic mass is 10.2. The lowest BCUT2D eigenvalue weighted by Crippen LogP contribution is -2.10. The SMILES string of the molecule is CC(=O)Oc1cc(OC(C)=O)c(Br)c(Oc2c(OC(C)=O)cc(Oc3c(OC(C)=O)cc(OC(C)=O)c(Br)c3OC(C)=O)cc2OC(C)=O)c1. The van der Waals surface area contributed by atoms with Gasteiger partial charge in [-0.15, -0.1) is 0 Å². The first-order valence-electron chi connectivity index (χ1n) is 13.9. The average molecular weight is 826 g/mol. The Kier molecular flexibility index (Phi) is 13.1. The Morgan fingerprint density at radius 2 is 0.720 bits per heavy atom.